The van der Waals surface area contributed by atoms with Crippen LogP contribution >= 0.6 is 22.6 Å². The molecule has 4 nitrogen and oxygen atoms in total. The molecule has 1 aliphatic carbocycles. The smallest absolute Gasteiger partial charge is 0.321 e. The largest absolute Gasteiger partial charge is 0.322 e. The molecule has 0 radical (unpaired) electrons. The number of hydrogen-bond donors (Lipinski definition) is 2. The van der Waals surface area contributed by atoms with E-state index in [1.54, 1.807) is 0 Å². The molecule has 0 aromatic heterocycles. The van der Waals surface area contributed by atoms with Crippen molar-refractivity contribution in [3.63, 3.8) is 0 Å². The van der Waals surface area contributed by atoms with Crippen LogP contribution in [0.3, 0.4) is 0 Å². The molecule has 2 fully saturated rings. The van der Waals surface area contributed by atoms with Crippen LogP contribution in [-0.2, 0) is 0 Å². The van der Waals surface area contributed by atoms with Crippen LogP contribution in [0.1, 0.15) is 25.7 Å². The molecule has 2 saturated heterocycles. The Labute approximate surface area is 127 Å². The Kier molecular flexibility index (Phi) is 4.12. The Morgan fingerprint density at radius 2 is 2.11 bits per heavy atom. The van der Waals surface area contributed by atoms with Crippen molar-refractivity contribution in [3.8, 4) is 0 Å². The van der Waals surface area contributed by atoms with Gasteiger partial charge in [0.25, 0.3) is 0 Å². The van der Waals surface area contributed by atoms with Gasteiger partial charge in [0.15, 0.2) is 0 Å². The molecule has 3 aliphatic rings. The van der Waals surface area contributed by atoms with Crippen LogP contribution in [0.15, 0.2) is 23.4 Å². The zero-order valence-electron chi connectivity index (χ0n) is 11.0. The third kappa shape index (κ3) is 2.97. The summed E-state index contributed by atoms with van der Waals surface area (Å²) in [4.78, 5) is 14.4. The zero-order chi connectivity index (χ0) is 13.2. The number of carbonyl (C=O) groups excluding carboxylic acids is 1. The maximum Gasteiger partial charge on any atom is 0.322 e. The number of carbonyl (C=O) groups is 1. The second-order valence-electron chi connectivity index (χ2n) is 5.42. The fourth-order valence-corrected chi connectivity index (χ4v) is 3.69. The van der Waals surface area contributed by atoms with Crippen LogP contribution in [-0.4, -0.2) is 40.5 Å². The lowest BCUT2D eigenvalue weighted by Gasteiger charge is -2.33. The quantitative estimate of drug-likeness (QED) is 0.547. The first-order valence-electron chi connectivity index (χ1n) is 7.07. The first-order valence-corrected chi connectivity index (χ1v) is 8.32. The lowest BCUT2D eigenvalue weighted by molar-refractivity contribution is 0.165. The van der Waals surface area contributed by atoms with Crippen molar-refractivity contribution in [1.29, 1.82) is 0 Å². The van der Waals surface area contributed by atoms with E-state index in [-0.39, 0.29) is 6.03 Å². The first kappa shape index (κ1) is 13.4. The number of urea groups is 1. The minimum absolute atomic E-state index is 0.0899. The molecule has 19 heavy (non-hydrogen) atoms. The SMILES string of the molecule is O=C1NC2=CC(I)CC=C2CCN1C1CCNCC1. The van der Waals surface area contributed by atoms with Crippen molar-refractivity contribution < 1.29 is 4.79 Å². The van der Waals surface area contributed by atoms with Crippen LogP contribution in [0, 0.1) is 0 Å². The fourth-order valence-electron chi connectivity index (χ4n) is 3.08. The molecular formula is C14H20IN3O. The van der Waals surface area contributed by atoms with Gasteiger partial charge in [-0.25, -0.2) is 4.79 Å². The van der Waals surface area contributed by atoms with Crippen molar-refractivity contribution in [2.24, 2.45) is 0 Å². The number of amides is 2. The third-order valence-corrected chi connectivity index (χ3v) is 5.02. The Hall–Kier alpha value is -0.560. The fraction of sp³-hybridized carbons (Fsp3) is 0.643. The Morgan fingerprint density at radius 1 is 1.32 bits per heavy atom. The Balaban J connectivity index is 1.75. The number of rotatable bonds is 1. The highest BCUT2D eigenvalue weighted by molar-refractivity contribution is 14.1. The second-order valence-corrected chi connectivity index (χ2v) is 7.02. The number of nitrogens with one attached hydrogen (secondary N) is 2. The average Bonchev–Trinajstić information content (AvgIpc) is 2.57. The molecule has 3 rings (SSSR count). The summed E-state index contributed by atoms with van der Waals surface area (Å²) in [5, 5.41) is 6.47. The lowest BCUT2D eigenvalue weighted by atomic mass is 10.0. The second kappa shape index (κ2) is 5.83. The average molecular weight is 373 g/mol. The molecule has 1 atom stereocenters. The van der Waals surface area contributed by atoms with Crippen LogP contribution < -0.4 is 10.6 Å². The van der Waals surface area contributed by atoms with E-state index in [1.165, 1.54) is 5.57 Å². The van der Waals surface area contributed by atoms with E-state index >= 15 is 0 Å². The van der Waals surface area contributed by atoms with Gasteiger partial charge in [-0.3, -0.25) is 0 Å². The maximum atomic E-state index is 12.4. The highest BCUT2D eigenvalue weighted by Crippen LogP contribution is 2.27. The summed E-state index contributed by atoms with van der Waals surface area (Å²) in [5.74, 6) is 0. The topological polar surface area (TPSA) is 44.4 Å². The van der Waals surface area contributed by atoms with Gasteiger partial charge in [0.05, 0.1) is 0 Å². The molecule has 2 aliphatic heterocycles. The molecule has 2 N–H and O–H groups in total. The van der Waals surface area contributed by atoms with E-state index in [4.69, 9.17) is 0 Å². The molecule has 0 aromatic rings. The molecular weight excluding hydrogens is 353 g/mol. The van der Waals surface area contributed by atoms with Crippen molar-refractivity contribution in [2.75, 3.05) is 19.6 Å². The van der Waals surface area contributed by atoms with E-state index < -0.39 is 0 Å². The summed E-state index contributed by atoms with van der Waals surface area (Å²) < 4.78 is 0.502. The van der Waals surface area contributed by atoms with Crippen LogP contribution in [0.25, 0.3) is 0 Å². The van der Waals surface area contributed by atoms with E-state index in [1.807, 2.05) is 4.90 Å². The molecule has 1 unspecified atom stereocenters. The number of hydrogen-bond acceptors (Lipinski definition) is 2. The van der Waals surface area contributed by atoms with Gasteiger partial charge < -0.3 is 15.5 Å². The van der Waals surface area contributed by atoms with Gasteiger partial charge >= 0.3 is 6.03 Å². The molecule has 2 heterocycles. The molecule has 2 amide bonds. The molecule has 5 heteroatoms. The van der Waals surface area contributed by atoms with E-state index in [9.17, 15) is 4.79 Å². The van der Waals surface area contributed by atoms with E-state index in [2.05, 4.69) is 45.4 Å². The lowest BCUT2D eigenvalue weighted by Crippen LogP contribution is -2.48. The highest BCUT2D eigenvalue weighted by Gasteiger charge is 2.29. The van der Waals surface area contributed by atoms with Gasteiger partial charge in [0.2, 0.25) is 0 Å². The Morgan fingerprint density at radius 3 is 2.89 bits per heavy atom. The first-order chi connectivity index (χ1) is 9.24. The highest BCUT2D eigenvalue weighted by atomic mass is 127. The number of piperidine rings is 1. The molecule has 104 valence electrons. The van der Waals surface area contributed by atoms with E-state index in [0.29, 0.717) is 9.97 Å². The number of nitrogens with zero attached hydrogens (tertiary/aromatic N) is 1. The normalized spacial score (nSPS) is 29.0. The predicted octanol–water partition coefficient (Wildman–Crippen LogP) is 2.17. The number of fused-ring (bicyclic) bond motifs is 1. The summed E-state index contributed by atoms with van der Waals surface area (Å²) >= 11 is 2.42. The third-order valence-electron chi connectivity index (χ3n) is 4.16. The number of allylic oxidation sites excluding steroid dienone is 3. The van der Waals surface area contributed by atoms with Crippen LogP contribution in [0.2, 0.25) is 0 Å². The Bertz CT molecular complexity index is 426. The maximum absolute atomic E-state index is 12.4. The molecule has 0 bridgehead atoms. The predicted molar refractivity (Wildman–Crippen MR) is 84.3 cm³/mol. The van der Waals surface area contributed by atoms with Gasteiger partial charge in [0.1, 0.15) is 0 Å². The molecule has 0 spiro atoms. The zero-order valence-corrected chi connectivity index (χ0v) is 13.2. The molecule has 0 aromatic carbocycles. The monoisotopic (exact) mass is 373 g/mol. The van der Waals surface area contributed by atoms with Crippen molar-refractivity contribution in [1.82, 2.24) is 15.5 Å². The summed E-state index contributed by atoms with van der Waals surface area (Å²) in [6.45, 7) is 2.90. The van der Waals surface area contributed by atoms with Gasteiger partial charge in [0, 0.05) is 22.2 Å². The van der Waals surface area contributed by atoms with Crippen molar-refractivity contribution >= 4 is 28.6 Å². The number of alkyl halides is 1. The summed E-state index contributed by atoms with van der Waals surface area (Å²) in [6, 6.07) is 0.491. The van der Waals surface area contributed by atoms with E-state index in [0.717, 1.165) is 51.0 Å². The summed E-state index contributed by atoms with van der Waals surface area (Å²) in [7, 11) is 0. The number of halogens is 1. The minimum atomic E-state index is 0.0899. The minimum Gasteiger partial charge on any atom is -0.321 e. The summed E-state index contributed by atoms with van der Waals surface area (Å²) in [5.41, 5.74) is 2.37. The van der Waals surface area contributed by atoms with Crippen LogP contribution in [0.5, 0.6) is 0 Å². The van der Waals surface area contributed by atoms with Crippen molar-refractivity contribution in [2.45, 2.75) is 35.6 Å². The molecule has 0 saturated carbocycles. The summed E-state index contributed by atoms with van der Waals surface area (Å²) in [6.07, 6.45) is 8.69. The standard InChI is InChI=1S/C14H20IN3O/c15-11-2-1-10-5-8-18(12-3-6-16-7-4-12)14(19)17-13(10)9-11/h1,9,11-12,16H,2-8H2,(H,17,19). The van der Waals surface area contributed by atoms with Crippen LogP contribution in [0.4, 0.5) is 4.79 Å². The van der Waals surface area contributed by atoms with Gasteiger partial charge in [-0.15, -0.1) is 0 Å². The van der Waals surface area contributed by atoms with Crippen molar-refractivity contribution in [3.05, 3.63) is 23.4 Å². The van der Waals surface area contributed by atoms with Gasteiger partial charge in [-0.2, -0.15) is 0 Å². The van der Waals surface area contributed by atoms with Gasteiger partial charge in [-0.1, -0.05) is 28.7 Å². The van der Waals surface area contributed by atoms with Gasteiger partial charge in [-0.05, 0) is 50.4 Å².